The van der Waals surface area contributed by atoms with Gasteiger partial charge in [-0.25, -0.2) is 4.79 Å². The van der Waals surface area contributed by atoms with Crippen LogP contribution in [0.4, 0.5) is 5.82 Å². The van der Waals surface area contributed by atoms with Gasteiger partial charge in [-0.3, -0.25) is 19.6 Å². The topological polar surface area (TPSA) is 104 Å². The Morgan fingerprint density at radius 3 is 2.62 bits per heavy atom. The van der Waals surface area contributed by atoms with E-state index in [1.54, 1.807) is 24.3 Å². The van der Waals surface area contributed by atoms with Gasteiger partial charge in [0, 0.05) is 16.6 Å². The number of carbonyl (C=O) groups excluding carboxylic acids is 1. The maximum absolute atomic E-state index is 12.4. The van der Waals surface area contributed by atoms with E-state index in [-0.39, 0.29) is 11.4 Å². The number of benzene rings is 1. The van der Waals surface area contributed by atoms with Gasteiger partial charge in [-0.1, -0.05) is 36.4 Å². The van der Waals surface area contributed by atoms with Crippen molar-refractivity contribution in [2.24, 2.45) is 5.92 Å². The van der Waals surface area contributed by atoms with Crippen LogP contribution < -0.4 is 16.6 Å². The lowest BCUT2D eigenvalue weighted by molar-refractivity contribution is -0.144. The average molecular weight is 348 g/mol. The zero-order chi connectivity index (χ0) is 17.4. The Hall–Kier alpha value is -2.80. The van der Waals surface area contributed by atoms with Crippen LogP contribution in [-0.4, -0.2) is 23.0 Å². The molecule has 1 aromatic heterocycles. The maximum Gasteiger partial charge on any atom is 0.327 e. The minimum Gasteiger partial charge on any atom is -0.468 e. The van der Waals surface area contributed by atoms with Crippen LogP contribution in [0.5, 0.6) is 0 Å². The average Bonchev–Trinajstić information content (AvgIpc) is 2.53. The van der Waals surface area contributed by atoms with E-state index in [0.717, 1.165) is 0 Å². The van der Waals surface area contributed by atoms with E-state index in [1.165, 1.54) is 7.11 Å². The van der Waals surface area contributed by atoms with Crippen LogP contribution in [0.3, 0.4) is 0 Å². The number of carbonyl (C=O) groups is 1. The van der Waals surface area contributed by atoms with E-state index < -0.39 is 29.1 Å². The molecule has 1 aromatic carbocycles. The molecule has 0 radical (unpaired) electrons. The fraction of sp³-hybridized carbons (Fsp3) is 0.188. The summed E-state index contributed by atoms with van der Waals surface area (Å²) in [6.45, 7) is 3.84. The molecular weight excluding hydrogens is 334 g/mol. The predicted molar refractivity (Wildman–Crippen MR) is 89.2 cm³/mol. The first-order valence-corrected chi connectivity index (χ1v) is 7.46. The summed E-state index contributed by atoms with van der Waals surface area (Å²) in [4.78, 5) is 41.0. The third-order valence-corrected chi connectivity index (χ3v) is 4.32. The number of fused-ring (bicyclic) bond motifs is 1. The van der Waals surface area contributed by atoms with E-state index in [2.05, 4.69) is 21.9 Å². The normalized spacial score (nSPS) is 19.3. The first kappa shape index (κ1) is 16.1. The summed E-state index contributed by atoms with van der Waals surface area (Å²) >= 11 is 6.28. The highest BCUT2D eigenvalue weighted by molar-refractivity contribution is 6.31. The molecule has 0 saturated heterocycles. The number of aromatic amines is 2. The van der Waals surface area contributed by atoms with E-state index in [9.17, 15) is 14.4 Å². The van der Waals surface area contributed by atoms with E-state index in [1.807, 2.05) is 0 Å². The minimum atomic E-state index is -0.866. The number of anilines is 1. The number of hydrogen-bond donors (Lipinski definition) is 3. The number of aromatic nitrogens is 2. The highest BCUT2D eigenvalue weighted by Gasteiger charge is 2.42. The van der Waals surface area contributed by atoms with Crippen molar-refractivity contribution in [3.8, 4) is 0 Å². The summed E-state index contributed by atoms with van der Waals surface area (Å²) < 4.78 is 4.86. The highest BCUT2D eigenvalue weighted by atomic mass is 35.5. The lowest BCUT2D eigenvalue weighted by atomic mass is 9.77. The highest BCUT2D eigenvalue weighted by Crippen LogP contribution is 2.43. The van der Waals surface area contributed by atoms with Crippen LogP contribution in [0.15, 0.2) is 46.1 Å². The van der Waals surface area contributed by atoms with Gasteiger partial charge in [-0.05, 0) is 11.6 Å². The van der Waals surface area contributed by atoms with E-state index in [4.69, 9.17) is 16.3 Å². The summed E-state index contributed by atoms with van der Waals surface area (Å²) in [6.07, 6.45) is 0. The molecule has 0 amide bonds. The Labute approximate surface area is 141 Å². The minimum absolute atomic E-state index is 0.193. The summed E-state index contributed by atoms with van der Waals surface area (Å²) in [6, 6.07) is 6.87. The lowest BCUT2D eigenvalue weighted by Crippen LogP contribution is -2.40. The zero-order valence-electron chi connectivity index (χ0n) is 12.7. The molecule has 1 aliphatic heterocycles. The molecule has 8 heteroatoms. The number of esters is 1. The van der Waals surface area contributed by atoms with Crippen LogP contribution in [-0.2, 0) is 9.53 Å². The van der Waals surface area contributed by atoms with Crippen LogP contribution in [0.1, 0.15) is 17.0 Å². The van der Waals surface area contributed by atoms with Gasteiger partial charge in [0.05, 0.1) is 12.7 Å². The largest absolute Gasteiger partial charge is 0.468 e. The number of halogens is 1. The van der Waals surface area contributed by atoms with Crippen LogP contribution in [0.2, 0.25) is 5.02 Å². The van der Waals surface area contributed by atoms with Gasteiger partial charge in [0.15, 0.2) is 0 Å². The third kappa shape index (κ3) is 2.52. The standard InChI is InChI=1S/C16H14ClN3O4/c1-7-10(15(22)24-2)11(8-5-3-4-6-9(8)17)12-13(18-7)19-16(23)20-14(12)21/h3-6,10-11H,1H2,2H3,(H3,18,19,20,21,23)/t10-,11-/m1/s1. The first-order chi connectivity index (χ1) is 11.4. The predicted octanol–water partition coefficient (Wildman–Crippen LogP) is 1.58. The van der Waals surface area contributed by atoms with Crippen LogP contribution in [0.25, 0.3) is 0 Å². The maximum atomic E-state index is 12.4. The molecule has 24 heavy (non-hydrogen) atoms. The lowest BCUT2D eigenvalue weighted by Gasteiger charge is -2.33. The summed E-state index contributed by atoms with van der Waals surface area (Å²) in [5, 5.41) is 3.20. The Bertz CT molecular complexity index is 947. The molecule has 0 unspecified atom stereocenters. The molecule has 0 aliphatic carbocycles. The molecular formula is C16H14ClN3O4. The number of nitrogens with one attached hydrogen (secondary N) is 3. The molecule has 2 heterocycles. The Morgan fingerprint density at radius 2 is 1.96 bits per heavy atom. The van der Waals surface area contributed by atoms with Gasteiger partial charge in [-0.2, -0.15) is 0 Å². The number of methoxy groups -OCH3 is 1. The number of H-pyrrole nitrogens is 2. The molecule has 0 fully saturated rings. The second-order valence-corrected chi connectivity index (χ2v) is 5.75. The van der Waals surface area contributed by atoms with Crippen LogP contribution >= 0.6 is 11.6 Å². The molecule has 3 rings (SSSR count). The SMILES string of the molecule is C=C1Nc2[nH]c(=O)[nH]c(=O)c2[C@H](c2ccccc2Cl)[C@@H]1C(=O)OC. The molecule has 3 N–H and O–H groups in total. The fourth-order valence-electron chi connectivity index (χ4n) is 2.97. The van der Waals surface area contributed by atoms with E-state index >= 15 is 0 Å². The third-order valence-electron chi connectivity index (χ3n) is 3.98. The molecule has 0 spiro atoms. The quantitative estimate of drug-likeness (QED) is 0.715. The molecule has 124 valence electrons. The van der Waals surface area contributed by atoms with Gasteiger partial charge in [0.1, 0.15) is 11.7 Å². The number of hydrogen-bond acceptors (Lipinski definition) is 5. The van der Waals surface area contributed by atoms with Crippen molar-refractivity contribution >= 4 is 23.4 Å². The van der Waals surface area contributed by atoms with Crippen molar-refractivity contribution < 1.29 is 9.53 Å². The molecule has 2 atom stereocenters. The molecule has 7 nitrogen and oxygen atoms in total. The van der Waals surface area contributed by atoms with Gasteiger partial charge in [-0.15, -0.1) is 0 Å². The molecule has 2 aromatic rings. The summed E-state index contributed by atoms with van der Waals surface area (Å²) in [5.74, 6) is -1.97. The smallest absolute Gasteiger partial charge is 0.327 e. The van der Waals surface area contributed by atoms with Crippen molar-refractivity contribution in [3.63, 3.8) is 0 Å². The molecule has 1 aliphatic rings. The second kappa shape index (κ2) is 6.01. The van der Waals surface area contributed by atoms with Gasteiger partial charge >= 0.3 is 11.7 Å². The van der Waals surface area contributed by atoms with Crippen molar-refractivity contribution in [1.29, 1.82) is 0 Å². The van der Waals surface area contributed by atoms with Crippen molar-refractivity contribution in [1.82, 2.24) is 9.97 Å². The van der Waals surface area contributed by atoms with Gasteiger partial charge in [0.2, 0.25) is 0 Å². The second-order valence-electron chi connectivity index (χ2n) is 5.35. The fourth-order valence-corrected chi connectivity index (χ4v) is 3.22. The molecule has 0 saturated carbocycles. The Morgan fingerprint density at radius 1 is 1.25 bits per heavy atom. The number of rotatable bonds is 2. The monoisotopic (exact) mass is 347 g/mol. The Balaban J connectivity index is 2.33. The zero-order valence-corrected chi connectivity index (χ0v) is 13.4. The van der Waals surface area contributed by atoms with Crippen molar-refractivity contribution in [2.75, 3.05) is 12.4 Å². The number of ether oxygens (including phenoxy) is 1. The Kier molecular flexibility index (Phi) is 4.02. The van der Waals surface area contributed by atoms with Gasteiger partial charge in [0.25, 0.3) is 5.56 Å². The van der Waals surface area contributed by atoms with Crippen molar-refractivity contribution in [3.05, 3.63) is 73.5 Å². The van der Waals surface area contributed by atoms with E-state index in [0.29, 0.717) is 16.3 Å². The van der Waals surface area contributed by atoms with Gasteiger partial charge < -0.3 is 10.1 Å². The van der Waals surface area contributed by atoms with Crippen molar-refractivity contribution in [2.45, 2.75) is 5.92 Å². The molecule has 0 bridgehead atoms. The van der Waals surface area contributed by atoms with Crippen LogP contribution in [0, 0.1) is 5.92 Å². The summed E-state index contributed by atoms with van der Waals surface area (Å²) in [5.41, 5.74) is -0.192. The summed E-state index contributed by atoms with van der Waals surface area (Å²) in [7, 11) is 1.26. The first-order valence-electron chi connectivity index (χ1n) is 7.08.